The van der Waals surface area contributed by atoms with Crippen molar-refractivity contribution in [2.75, 3.05) is 19.5 Å². The molecule has 0 aliphatic carbocycles. The number of rotatable bonds is 5. The van der Waals surface area contributed by atoms with E-state index in [0.717, 1.165) is 11.1 Å². The van der Waals surface area contributed by atoms with E-state index in [0.29, 0.717) is 50.3 Å². The minimum atomic E-state index is -0.366. The molecule has 0 fully saturated rings. The molecule has 0 atom stereocenters. The second-order valence-electron chi connectivity index (χ2n) is 7.01. The molecule has 0 unspecified atom stereocenters. The molecule has 8 heteroatoms. The fraction of sp³-hybridized carbons (Fsp3) is 0.174. The number of aryl methyl sites for hydroxylation is 2. The standard InChI is InChI=1S/C23H20ClN3O4/c1-12-5-7-14(8-6-12)17-9-15(21-13(2)27-31-23(21)26-17)22(28)25-18-11-19(29-3)16(24)10-20(18)30-4/h5-11H,1-4H3,(H,25,28). The molecule has 2 aromatic carbocycles. The van der Waals surface area contributed by atoms with Gasteiger partial charge in [-0.05, 0) is 19.9 Å². The molecule has 0 spiro atoms. The van der Waals surface area contributed by atoms with E-state index >= 15 is 0 Å². The molecule has 1 amide bonds. The molecule has 31 heavy (non-hydrogen) atoms. The van der Waals surface area contributed by atoms with E-state index in [-0.39, 0.29) is 5.91 Å². The van der Waals surface area contributed by atoms with Gasteiger partial charge in [-0.1, -0.05) is 46.6 Å². The average Bonchev–Trinajstić information content (AvgIpc) is 3.15. The van der Waals surface area contributed by atoms with Crippen LogP contribution in [-0.4, -0.2) is 30.3 Å². The van der Waals surface area contributed by atoms with Crippen molar-refractivity contribution in [1.82, 2.24) is 10.1 Å². The largest absolute Gasteiger partial charge is 0.495 e. The zero-order valence-electron chi connectivity index (χ0n) is 17.4. The number of fused-ring (bicyclic) bond motifs is 1. The maximum absolute atomic E-state index is 13.3. The first-order valence-electron chi connectivity index (χ1n) is 9.48. The van der Waals surface area contributed by atoms with Crippen LogP contribution in [-0.2, 0) is 0 Å². The highest BCUT2D eigenvalue weighted by atomic mass is 35.5. The van der Waals surface area contributed by atoms with Crippen LogP contribution < -0.4 is 14.8 Å². The average molecular weight is 438 g/mol. The van der Waals surface area contributed by atoms with E-state index in [1.807, 2.05) is 31.2 Å². The molecule has 4 rings (SSSR count). The molecular formula is C23H20ClN3O4. The number of nitrogens with zero attached hydrogens (tertiary/aromatic N) is 2. The number of nitrogens with one attached hydrogen (secondary N) is 1. The minimum absolute atomic E-state index is 0.293. The second-order valence-corrected chi connectivity index (χ2v) is 7.42. The molecule has 0 saturated heterocycles. The number of aromatic nitrogens is 2. The number of carbonyl (C=O) groups excluding carboxylic acids is 1. The van der Waals surface area contributed by atoms with E-state index in [1.54, 1.807) is 25.1 Å². The predicted octanol–water partition coefficient (Wildman–Crippen LogP) is 5.43. The number of amides is 1. The number of ether oxygens (including phenoxy) is 2. The van der Waals surface area contributed by atoms with Gasteiger partial charge in [0.05, 0.1) is 47.3 Å². The summed E-state index contributed by atoms with van der Waals surface area (Å²) in [5.41, 5.74) is 4.27. The van der Waals surface area contributed by atoms with Crippen LogP contribution >= 0.6 is 11.6 Å². The molecule has 0 saturated carbocycles. The third kappa shape index (κ3) is 3.92. The molecule has 0 aliphatic rings. The molecule has 4 aromatic rings. The van der Waals surface area contributed by atoms with Gasteiger partial charge in [-0.2, -0.15) is 0 Å². The van der Waals surface area contributed by atoms with Crippen molar-refractivity contribution in [3.63, 3.8) is 0 Å². The van der Waals surface area contributed by atoms with Crippen molar-refractivity contribution in [3.8, 4) is 22.8 Å². The Labute approximate surface area is 183 Å². The lowest BCUT2D eigenvalue weighted by Gasteiger charge is -2.14. The van der Waals surface area contributed by atoms with Gasteiger partial charge >= 0.3 is 0 Å². The molecule has 7 nitrogen and oxygen atoms in total. The van der Waals surface area contributed by atoms with E-state index in [1.165, 1.54) is 14.2 Å². The Morgan fingerprint density at radius 3 is 2.42 bits per heavy atom. The molecule has 0 aliphatic heterocycles. The molecular weight excluding hydrogens is 418 g/mol. The van der Waals surface area contributed by atoms with Gasteiger partial charge in [0.25, 0.3) is 11.6 Å². The Bertz CT molecular complexity index is 1280. The fourth-order valence-corrected chi connectivity index (χ4v) is 3.52. The Hall–Kier alpha value is -3.58. The lowest BCUT2D eigenvalue weighted by molar-refractivity contribution is 0.102. The van der Waals surface area contributed by atoms with E-state index in [9.17, 15) is 4.79 Å². The lowest BCUT2D eigenvalue weighted by atomic mass is 10.0. The first-order chi connectivity index (χ1) is 14.9. The number of hydrogen-bond donors (Lipinski definition) is 1. The van der Waals surface area contributed by atoms with Gasteiger partial charge in [0.1, 0.15) is 11.5 Å². The van der Waals surface area contributed by atoms with Gasteiger partial charge < -0.3 is 19.3 Å². The van der Waals surface area contributed by atoms with Crippen molar-refractivity contribution < 1.29 is 18.8 Å². The van der Waals surface area contributed by atoms with E-state index < -0.39 is 0 Å². The number of pyridine rings is 1. The quantitative estimate of drug-likeness (QED) is 0.448. The number of benzene rings is 2. The molecule has 2 aromatic heterocycles. The van der Waals surface area contributed by atoms with Gasteiger partial charge in [0.15, 0.2) is 0 Å². The Morgan fingerprint density at radius 2 is 1.74 bits per heavy atom. The first kappa shape index (κ1) is 20.7. The summed E-state index contributed by atoms with van der Waals surface area (Å²) < 4.78 is 16.0. The van der Waals surface area contributed by atoms with Gasteiger partial charge in [0, 0.05) is 17.7 Å². The SMILES string of the molecule is COc1cc(NC(=O)c2cc(-c3ccc(C)cc3)nc3onc(C)c23)c(OC)cc1Cl. The van der Waals surface area contributed by atoms with Crippen molar-refractivity contribution in [3.05, 3.63) is 64.3 Å². The molecule has 0 bridgehead atoms. The number of halogens is 1. The normalized spacial score (nSPS) is 10.9. The summed E-state index contributed by atoms with van der Waals surface area (Å²) in [5.74, 6) is 0.458. The van der Waals surface area contributed by atoms with Crippen LogP contribution in [0.1, 0.15) is 21.6 Å². The summed E-state index contributed by atoms with van der Waals surface area (Å²) in [6.45, 7) is 3.77. The van der Waals surface area contributed by atoms with Crippen molar-refractivity contribution in [2.24, 2.45) is 0 Å². The van der Waals surface area contributed by atoms with E-state index in [2.05, 4.69) is 15.5 Å². The number of anilines is 1. The summed E-state index contributed by atoms with van der Waals surface area (Å²) in [5, 5.41) is 7.79. The predicted molar refractivity (Wildman–Crippen MR) is 119 cm³/mol. The number of methoxy groups -OCH3 is 2. The van der Waals surface area contributed by atoms with Crippen LogP contribution in [0.5, 0.6) is 11.5 Å². The maximum atomic E-state index is 13.3. The summed E-state index contributed by atoms with van der Waals surface area (Å²) in [6, 6.07) is 12.8. The maximum Gasteiger partial charge on any atom is 0.259 e. The Morgan fingerprint density at radius 1 is 1.03 bits per heavy atom. The topological polar surface area (TPSA) is 86.5 Å². The molecule has 1 N–H and O–H groups in total. The zero-order valence-corrected chi connectivity index (χ0v) is 18.2. The number of hydrogen-bond acceptors (Lipinski definition) is 6. The highest BCUT2D eigenvalue weighted by Crippen LogP contribution is 2.36. The third-order valence-corrected chi connectivity index (χ3v) is 5.23. The summed E-state index contributed by atoms with van der Waals surface area (Å²) in [4.78, 5) is 17.9. The summed E-state index contributed by atoms with van der Waals surface area (Å²) in [6.07, 6.45) is 0. The smallest absolute Gasteiger partial charge is 0.259 e. The summed E-state index contributed by atoms with van der Waals surface area (Å²) >= 11 is 6.17. The third-order valence-electron chi connectivity index (χ3n) is 4.93. The lowest BCUT2D eigenvalue weighted by Crippen LogP contribution is -2.14. The van der Waals surface area contributed by atoms with Crippen molar-refractivity contribution >= 4 is 34.3 Å². The van der Waals surface area contributed by atoms with Crippen molar-refractivity contribution in [1.29, 1.82) is 0 Å². The van der Waals surface area contributed by atoms with Gasteiger partial charge in [0.2, 0.25) is 0 Å². The van der Waals surface area contributed by atoms with Crippen LogP contribution in [0.3, 0.4) is 0 Å². The Balaban J connectivity index is 1.81. The van der Waals surface area contributed by atoms with Gasteiger partial charge in [-0.3, -0.25) is 4.79 Å². The zero-order chi connectivity index (χ0) is 22.1. The van der Waals surface area contributed by atoms with E-state index in [4.69, 9.17) is 25.6 Å². The minimum Gasteiger partial charge on any atom is -0.495 e. The fourth-order valence-electron chi connectivity index (χ4n) is 3.29. The van der Waals surface area contributed by atoms with Crippen LogP contribution in [0.25, 0.3) is 22.4 Å². The van der Waals surface area contributed by atoms with Crippen LogP contribution in [0.4, 0.5) is 5.69 Å². The summed E-state index contributed by atoms with van der Waals surface area (Å²) in [7, 11) is 3.00. The Kier molecular flexibility index (Phi) is 5.52. The van der Waals surface area contributed by atoms with Crippen LogP contribution in [0, 0.1) is 13.8 Å². The van der Waals surface area contributed by atoms with Gasteiger partial charge in [-0.25, -0.2) is 4.98 Å². The molecule has 158 valence electrons. The monoisotopic (exact) mass is 437 g/mol. The number of carbonyl (C=O) groups is 1. The molecule has 2 heterocycles. The highest BCUT2D eigenvalue weighted by molar-refractivity contribution is 6.32. The van der Waals surface area contributed by atoms with Crippen LogP contribution in [0.2, 0.25) is 5.02 Å². The highest BCUT2D eigenvalue weighted by Gasteiger charge is 2.21. The van der Waals surface area contributed by atoms with Crippen molar-refractivity contribution in [2.45, 2.75) is 13.8 Å². The molecule has 0 radical (unpaired) electrons. The van der Waals surface area contributed by atoms with Crippen LogP contribution in [0.15, 0.2) is 47.0 Å². The first-order valence-corrected chi connectivity index (χ1v) is 9.86. The second kappa shape index (κ2) is 8.28. The van der Waals surface area contributed by atoms with Gasteiger partial charge in [-0.15, -0.1) is 0 Å².